The molecule has 2 aromatic heterocycles. The highest BCUT2D eigenvalue weighted by molar-refractivity contribution is 9.10. The lowest BCUT2D eigenvalue weighted by atomic mass is 10.2. The summed E-state index contributed by atoms with van der Waals surface area (Å²) in [7, 11) is 0. The zero-order valence-electron chi connectivity index (χ0n) is 8.31. The Morgan fingerprint density at radius 1 is 1.44 bits per heavy atom. The van der Waals surface area contributed by atoms with E-state index in [-0.39, 0.29) is 5.91 Å². The Labute approximate surface area is 101 Å². The summed E-state index contributed by atoms with van der Waals surface area (Å²) in [6.07, 6.45) is 3.15. The number of nitrogens with zero attached hydrogens (tertiary/aromatic N) is 1. The van der Waals surface area contributed by atoms with Gasteiger partial charge in [-0.15, -0.1) is 0 Å². The Kier molecular flexibility index (Phi) is 3.36. The van der Waals surface area contributed by atoms with Gasteiger partial charge in [-0.1, -0.05) is 0 Å². The fraction of sp³-hybridized carbons (Fsp3) is 0.0909. The molecule has 0 spiro atoms. The summed E-state index contributed by atoms with van der Waals surface area (Å²) in [6, 6.07) is 7.01. The third-order valence-electron chi connectivity index (χ3n) is 1.98. The zero-order valence-corrected chi connectivity index (χ0v) is 9.90. The minimum absolute atomic E-state index is 0.166. The molecule has 4 nitrogen and oxygen atoms in total. The lowest BCUT2D eigenvalue weighted by Crippen LogP contribution is -2.22. The van der Waals surface area contributed by atoms with E-state index in [2.05, 4.69) is 26.2 Å². The molecule has 0 aliphatic carbocycles. The van der Waals surface area contributed by atoms with Crippen molar-refractivity contribution in [1.29, 1.82) is 0 Å². The summed E-state index contributed by atoms with van der Waals surface area (Å²) in [6.45, 7) is 0.360. The van der Waals surface area contributed by atoms with Crippen LogP contribution in [0.5, 0.6) is 0 Å². The fourth-order valence-electron chi connectivity index (χ4n) is 1.21. The molecule has 0 radical (unpaired) electrons. The number of carbonyl (C=O) groups is 1. The second-order valence-electron chi connectivity index (χ2n) is 3.13. The van der Waals surface area contributed by atoms with Crippen LogP contribution in [0.1, 0.15) is 16.1 Å². The second-order valence-corrected chi connectivity index (χ2v) is 3.91. The van der Waals surface area contributed by atoms with E-state index in [0.717, 1.165) is 0 Å². The van der Waals surface area contributed by atoms with E-state index >= 15 is 0 Å². The second kappa shape index (κ2) is 4.94. The van der Waals surface area contributed by atoms with Gasteiger partial charge in [0.2, 0.25) is 0 Å². The Balaban J connectivity index is 1.94. The monoisotopic (exact) mass is 280 g/mol. The number of furan rings is 1. The van der Waals surface area contributed by atoms with E-state index in [1.807, 2.05) is 0 Å². The molecule has 0 atom stereocenters. The Morgan fingerprint density at radius 2 is 2.31 bits per heavy atom. The van der Waals surface area contributed by atoms with Gasteiger partial charge >= 0.3 is 0 Å². The van der Waals surface area contributed by atoms with E-state index < -0.39 is 0 Å². The molecule has 16 heavy (non-hydrogen) atoms. The first-order valence-electron chi connectivity index (χ1n) is 4.68. The highest BCUT2D eigenvalue weighted by Gasteiger charge is 2.06. The molecule has 5 heteroatoms. The predicted molar refractivity (Wildman–Crippen MR) is 61.8 cm³/mol. The maximum atomic E-state index is 11.6. The molecular formula is C11H9BrN2O2. The summed E-state index contributed by atoms with van der Waals surface area (Å²) in [5.41, 5.74) is 0.535. The lowest BCUT2D eigenvalue weighted by Gasteiger charge is -2.02. The van der Waals surface area contributed by atoms with E-state index in [1.165, 1.54) is 6.20 Å². The number of hydrogen-bond acceptors (Lipinski definition) is 3. The van der Waals surface area contributed by atoms with Crippen LogP contribution in [0.15, 0.2) is 45.7 Å². The number of amides is 1. The Hall–Kier alpha value is -1.62. The molecule has 2 rings (SSSR count). The summed E-state index contributed by atoms with van der Waals surface area (Å²) < 4.78 is 5.91. The van der Waals surface area contributed by atoms with Crippen molar-refractivity contribution in [2.75, 3.05) is 0 Å². The van der Waals surface area contributed by atoms with Crippen molar-refractivity contribution >= 4 is 21.8 Å². The third-order valence-corrected chi connectivity index (χ3v) is 2.40. The molecule has 2 heterocycles. The van der Waals surface area contributed by atoms with Crippen LogP contribution in [0.2, 0.25) is 0 Å². The van der Waals surface area contributed by atoms with Crippen LogP contribution < -0.4 is 5.32 Å². The first-order chi connectivity index (χ1) is 7.75. The number of rotatable bonds is 3. The average Bonchev–Trinajstić information content (AvgIpc) is 2.73. The Bertz CT molecular complexity index is 482. The van der Waals surface area contributed by atoms with Crippen LogP contribution >= 0.6 is 15.9 Å². The number of hydrogen-bond donors (Lipinski definition) is 1. The highest BCUT2D eigenvalue weighted by atomic mass is 79.9. The topological polar surface area (TPSA) is 55.1 Å². The summed E-state index contributed by atoms with van der Waals surface area (Å²) in [4.78, 5) is 15.5. The number of carbonyl (C=O) groups excluding carboxylic acids is 1. The fourth-order valence-corrected chi connectivity index (χ4v) is 1.55. The van der Waals surface area contributed by atoms with Gasteiger partial charge in [-0.3, -0.25) is 9.78 Å². The molecular weight excluding hydrogens is 272 g/mol. The van der Waals surface area contributed by atoms with Crippen LogP contribution in [-0.2, 0) is 6.54 Å². The number of halogens is 1. The minimum Gasteiger partial charge on any atom is -0.452 e. The highest BCUT2D eigenvalue weighted by Crippen LogP contribution is 2.13. The largest absolute Gasteiger partial charge is 0.452 e. The maximum absolute atomic E-state index is 11.6. The SMILES string of the molecule is O=C(NCc1ccc(Br)o1)c1cccnc1. The molecule has 0 saturated heterocycles. The molecule has 2 aromatic rings. The van der Waals surface area contributed by atoms with Gasteiger partial charge in [0.25, 0.3) is 5.91 Å². The van der Waals surface area contributed by atoms with Crippen LogP contribution in [-0.4, -0.2) is 10.9 Å². The summed E-state index contributed by atoms with van der Waals surface area (Å²) >= 11 is 3.19. The van der Waals surface area contributed by atoms with Gasteiger partial charge in [0.1, 0.15) is 5.76 Å². The van der Waals surface area contributed by atoms with Gasteiger partial charge in [-0.05, 0) is 40.2 Å². The van der Waals surface area contributed by atoms with Crippen LogP contribution in [0.25, 0.3) is 0 Å². The van der Waals surface area contributed by atoms with E-state index in [1.54, 1.807) is 30.5 Å². The van der Waals surface area contributed by atoms with E-state index in [0.29, 0.717) is 22.5 Å². The molecule has 1 amide bonds. The first-order valence-corrected chi connectivity index (χ1v) is 5.47. The molecule has 0 aliphatic rings. The van der Waals surface area contributed by atoms with Gasteiger partial charge in [0.15, 0.2) is 4.67 Å². The van der Waals surface area contributed by atoms with Crippen molar-refractivity contribution in [3.05, 3.63) is 52.7 Å². The minimum atomic E-state index is -0.166. The quantitative estimate of drug-likeness (QED) is 0.939. The van der Waals surface area contributed by atoms with Crippen LogP contribution in [0, 0.1) is 0 Å². The lowest BCUT2D eigenvalue weighted by molar-refractivity contribution is 0.0947. The standard InChI is InChI=1S/C11H9BrN2O2/c12-10-4-3-9(16-10)7-14-11(15)8-2-1-5-13-6-8/h1-6H,7H2,(H,14,15). The first kappa shape index (κ1) is 10.9. The smallest absolute Gasteiger partial charge is 0.253 e. The van der Waals surface area contributed by atoms with Crippen molar-refractivity contribution in [1.82, 2.24) is 10.3 Å². The van der Waals surface area contributed by atoms with Crippen molar-refractivity contribution in [2.24, 2.45) is 0 Å². The normalized spacial score (nSPS) is 10.1. The van der Waals surface area contributed by atoms with E-state index in [9.17, 15) is 4.79 Å². The van der Waals surface area contributed by atoms with Gasteiger partial charge in [-0.2, -0.15) is 0 Å². The van der Waals surface area contributed by atoms with Crippen LogP contribution in [0.4, 0.5) is 0 Å². The Morgan fingerprint density at radius 3 is 2.94 bits per heavy atom. The molecule has 0 fully saturated rings. The van der Waals surface area contributed by atoms with Gasteiger partial charge in [0, 0.05) is 12.4 Å². The van der Waals surface area contributed by atoms with Gasteiger partial charge in [0.05, 0.1) is 12.1 Å². The van der Waals surface area contributed by atoms with Crippen LogP contribution in [0.3, 0.4) is 0 Å². The van der Waals surface area contributed by atoms with Crippen molar-refractivity contribution in [3.63, 3.8) is 0 Å². The average molecular weight is 281 g/mol. The van der Waals surface area contributed by atoms with Crippen molar-refractivity contribution < 1.29 is 9.21 Å². The number of nitrogens with one attached hydrogen (secondary N) is 1. The number of aromatic nitrogens is 1. The zero-order chi connectivity index (χ0) is 11.4. The number of pyridine rings is 1. The van der Waals surface area contributed by atoms with E-state index in [4.69, 9.17) is 4.42 Å². The van der Waals surface area contributed by atoms with Gasteiger partial charge in [-0.25, -0.2) is 0 Å². The maximum Gasteiger partial charge on any atom is 0.253 e. The summed E-state index contributed by atoms with van der Waals surface area (Å²) in [5.74, 6) is 0.532. The predicted octanol–water partition coefficient (Wildman–Crippen LogP) is 2.37. The third kappa shape index (κ3) is 2.70. The molecule has 0 saturated carbocycles. The van der Waals surface area contributed by atoms with Crippen molar-refractivity contribution in [2.45, 2.75) is 6.54 Å². The molecule has 0 aromatic carbocycles. The molecule has 0 unspecified atom stereocenters. The molecule has 0 aliphatic heterocycles. The van der Waals surface area contributed by atoms with Crippen molar-refractivity contribution in [3.8, 4) is 0 Å². The molecule has 0 bridgehead atoms. The summed E-state index contributed by atoms with van der Waals surface area (Å²) in [5, 5.41) is 2.74. The van der Waals surface area contributed by atoms with Gasteiger partial charge < -0.3 is 9.73 Å². The molecule has 1 N–H and O–H groups in total. The molecule has 82 valence electrons.